The number of aromatic nitrogens is 3. The van der Waals surface area contributed by atoms with Crippen LogP contribution in [0.5, 0.6) is 5.75 Å². The second-order valence-corrected chi connectivity index (χ2v) is 5.39. The van der Waals surface area contributed by atoms with Gasteiger partial charge in [-0.15, -0.1) is 0 Å². The summed E-state index contributed by atoms with van der Waals surface area (Å²) in [7, 11) is 0. The number of aromatic hydroxyl groups is 1. The highest BCUT2D eigenvalue weighted by atomic mass is 79.9. The molecular weight excluding hydrogens is 352 g/mol. The molecule has 22 heavy (non-hydrogen) atoms. The molecule has 0 spiro atoms. The second kappa shape index (κ2) is 5.57. The lowest BCUT2D eigenvalue weighted by atomic mass is 10.1. The normalized spacial score (nSPS) is 10.6. The summed E-state index contributed by atoms with van der Waals surface area (Å²) < 4.78 is 0.934. The molecule has 1 aromatic heterocycles. The fourth-order valence-electron chi connectivity index (χ4n) is 1.94. The summed E-state index contributed by atoms with van der Waals surface area (Å²) >= 11 is 3.35. The molecular formula is C14H9BrN4O3. The maximum atomic E-state index is 10.8. The van der Waals surface area contributed by atoms with E-state index >= 15 is 0 Å². The zero-order valence-electron chi connectivity index (χ0n) is 11.0. The Kier molecular flexibility index (Phi) is 3.60. The van der Waals surface area contributed by atoms with E-state index in [0.29, 0.717) is 5.82 Å². The van der Waals surface area contributed by atoms with Crippen molar-refractivity contribution in [2.24, 2.45) is 0 Å². The summed E-state index contributed by atoms with van der Waals surface area (Å²) in [5, 5.41) is 27.5. The molecule has 110 valence electrons. The van der Waals surface area contributed by atoms with E-state index in [2.05, 4.69) is 31.1 Å². The van der Waals surface area contributed by atoms with E-state index in [1.807, 2.05) is 24.3 Å². The number of non-ortho nitro benzene ring substituents is 1. The molecule has 0 saturated carbocycles. The van der Waals surface area contributed by atoms with Crippen LogP contribution in [-0.2, 0) is 0 Å². The number of nitro groups is 1. The first-order chi connectivity index (χ1) is 10.5. The Labute approximate surface area is 132 Å². The SMILES string of the molecule is O=[N+]([O-])c1ccc(O)c(-c2nc(-c3ccc(Br)cc3)n[nH]2)c1. The van der Waals surface area contributed by atoms with Crippen LogP contribution in [0.25, 0.3) is 22.8 Å². The zero-order chi connectivity index (χ0) is 15.7. The molecule has 7 nitrogen and oxygen atoms in total. The largest absolute Gasteiger partial charge is 0.507 e. The molecule has 0 unspecified atom stereocenters. The number of rotatable bonds is 3. The number of nitrogens with zero attached hydrogens (tertiary/aromatic N) is 3. The number of hydrogen-bond acceptors (Lipinski definition) is 5. The Bertz CT molecular complexity index is 846. The van der Waals surface area contributed by atoms with Crippen molar-refractivity contribution in [2.75, 3.05) is 0 Å². The van der Waals surface area contributed by atoms with E-state index < -0.39 is 4.92 Å². The minimum atomic E-state index is -0.533. The minimum Gasteiger partial charge on any atom is -0.507 e. The molecule has 0 aliphatic carbocycles. The lowest BCUT2D eigenvalue weighted by Crippen LogP contribution is -1.89. The number of phenolic OH excluding ortho intramolecular Hbond substituents is 1. The molecule has 2 N–H and O–H groups in total. The van der Waals surface area contributed by atoms with E-state index in [0.717, 1.165) is 10.0 Å². The van der Waals surface area contributed by atoms with Gasteiger partial charge >= 0.3 is 0 Å². The van der Waals surface area contributed by atoms with Gasteiger partial charge in [-0.2, -0.15) is 5.10 Å². The van der Waals surface area contributed by atoms with Crippen LogP contribution in [0.15, 0.2) is 46.9 Å². The van der Waals surface area contributed by atoms with Gasteiger partial charge in [0.2, 0.25) is 0 Å². The molecule has 0 fully saturated rings. The van der Waals surface area contributed by atoms with E-state index in [-0.39, 0.29) is 22.8 Å². The maximum Gasteiger partial charge on any atom is 0.270 e. The molecule has 0 atom stereocenters. The van der Waals surface area contributed by atoms with Gasteiger partial charge < -0.3 is 5.11 Å². The molecule has 3 rings (SSSR count). The van der Waals surface area contributed by atoms with Gasteiger partial charge in [0, 0.05) is 22.2 Å². The van der Waals surface area contributed by atoms with Gasteiger partial charge in [-0.25, -0.2) is 4.98 Å². The van der Waals surface area contributed by atoms with Crippen LogP contribution in [0.4, 0.5) is 5.69 Å². The van der Waals surface area contributed by atoms with Crippen LogP contribution in [0, 0.1) is 10.1 Å². The number of hydrogen-bond donors (Lipinski definition) is 2. The number of phenols is 1. The molecule has 0 amide bonds. The van der Waals surface area contributed by atoms with Gasteiger partial charge in [-0.3, -0.25) is 15.2 Å². The van der Waals surface area contributed by atoms with Crippen molar-refractivity contribution < 1.29 is 10.0 Å². The quantitative estimate of drug-likeness (QED) is 0.549. The standard InChI is InChI=1S/C14H9BrN4O3/c15-9-3-1-8(2-4-9)13-16-14(18-17-13)11-7-10(19(21)22)5-6-12(11)20/h1-7,20H,(H,16,17,18). The van der Waals surface area contributed by atoms with Crippen molar-refractivity contribution in [1.29, 1.82) is 0 Å². The molecule has 0 radical (unpaired) electrons. The number of H-pyrrole nitrogens is 1. The Morgan fingerprint density at radius 2 is 1.91 bits per heavy atom. The Morgan fingerprint density at radius 3 is 2.59 bits per heavy atom. The molecule has 0 bridgehead atoms. The summed E-state index contributed by atoms with van der Waals surface area (Å²) in [5.74, 6) is 0.594. The molecule has 0 saturated heterocycles. The first-order valence-corrected chi connectivity index (χ1v) is 7.00. The monoisotopic (exact) mass is 360 g/mol. The van der Waals surface area contributed by atoms with Crippen LogP contribution in [0.2, 0.25) is 0 Å². The van der Waals surface area contributed by atoms with E-state index in [9.17, 15) is 15.2 Å². The topological polar surface area (TPSA) is 105 Å². The number of nitrogens with one attached hydrogen (secondary N) is 1. The van der Waals surface area contributed by atoms with Gasteiger partial charge in [-0.05, 0) is 18.2 Å². The van der Waals surface area contributed by atoms with Crippen LogP contribution in [0.1, 0.15) is 0 Å². The van der Waals surface area contributed by atoms with E-state index in [1.54, 1.807) is 0 Å². The minimum absolute atomic E-state index is 0.107. The maximum absolute atomic E-state index is 10.8. The lowest BCUT2D eigenvalue weighted by Gasteiger charge is -2.00. The van der Waals surface area contributed by atoms with Gasteiger partial charge in [0.25, 0.3) is 5.69 Å². The predicted octanol–water partition coefficient (Wildman–Crippen LogP) is 3.52. The highest BCUT2D eigenvalue weighted by Crippen LogP contribution is 2.31. The van der Waals surface area contributed by atoms with Crippen molar-refractivity contribution in [3.05, 3.63) is 57.1 Å². The zero-order valence-corrected chi connectivity index (χ0v) is 12.6. The van der Waals surface area contributed by atoms with E-state index in [4.69, 9.17) is 0 Å². The van der Waals surface area contributed by atoms with Crippen LogP contribution in [-0.4, -0.2) is 25.2 Å². The fraction of sp³-hybridized carbons (Fsp3) is 0. The fourth-order valence-corrected chi connectivity index (χ4v) is 2.20. The van der Waals surface area contributed by atoms with E-state index in [1.165, 1.54) is 18.2 Å². The van der Waals surface area contributed by atoms with Gasteiger partial charge in [0.15, 0.2) is 11.6 Å². The van der Waals surface area contributed by atoms with Gasteiger partial charge in [-0.1, -0.05) is 28.1 Å². The third-order valence-corrected chi connectivity index (χ3v) is 3.56. The molecule has 1 heterocycles. The van der Waals surface area contributed by atoms with Gasteiger partial charge in [0.05, 0.1) is 10.5 Å². The number of halogens is 1. The first-order valence-electron chi connectivity index (χ1n) is 6.21. The average molecular weight is 361 g/mol. The first kappa shape index (κ1) is 14.2. The van der Waals surface area contributed by atoms with Crippen molar-refractivity contribution in [1.82, 2.24) is 15.2 Å². The summed E-state index contributed by atoms with van der Waals surface area (Å²) in [6.07, 6.45) is 0. The Balaban J connectivity index is 2.02. The molecule has 3 aromatic rings. The smallest absolute Gasteiger partial charge is 0.270 e. The van der Waals surface area contributed by atoms with Crippen molar-refractivity contribution in [3.8, 4) is 28.5 Å². The molecule has 8 heteroatoms. The summed E-state index contributed by atoms with van der Waals surface area (Å²) in [6.45, 7) is 0. The molecule has 0 aliphatic rings. The molecule has 0 aliphatic heterocycles. The number of nitro benzene ring substituents is 1. The lowest BCUT2D eigenvalue weighted by molar-refractivity contribution is -0.384. The number of aromatic amines is 1. The van der Waals surface area contributed by atoms with Crippen LogP contribution in [0.3, 0.4) is 0 Å². The second-order valence-electron chi connectivity index (χ2n) is 4.47. The van der Waals surface area contributed by atoms with Crippen molar-refractivity contribution >= 4 is 21.6 Å². The van der Waals surface area contributed by atoms with Crippen molar-refractivity contribution in [2.45, 2.75) is 0 Å². The highest BCUT2D eigenvalue weighted by molar-refractivity contribution is 9.10. The van der Waals surface area contributed by atoms with Gasteiger partial charge in [0.1, 0.15) is 5.75 Å². The Morgan fingerprint density at radius 1 is 1.18 bits per heavy atom. The van der Waals surface area contributed by atoms with Crippen LogP contribution >= 0.6 is 15.9 Å². The average Bonchev–Trinajstić information content (AvgIpc) is 2.98. The summed E-state index contributed by atoms with van der Waals surface area (Å²) in [5.41, 5.74) is 0.884. The van der Waals surface area contributed by atoms with Crippen molar-refractivity contribution in [3.63, 3.8) is 0 Å². The third-order valence-electron chi connectivity index (χ3n) is 3.03. The van der Waals surface area contributed by atoms with Crippen LogP contribution < -0.4 is 0 Å². The summed E-state index contributed by atoms with van der Waals surface area (Å²) in [4.78, 5) is 14.6. The Hall–Kier alpha value is -2.74. The third kappa shape index (κ3) is 2.68. The highest BCUT2D eigenvalue weighted by Gasteiger charge is 2.15. The predicted molar refractivity (Wildman–Crippen MR) is 83.3 cm³/mol. The summed E-state index contributed by atoms with van der Waals surface area (Å²) in [6, 6.07) is 11.1. The number of benzene rings is 2. The molecule has 2 aromatic carbocycles.